The van der Waals surface area contributed by atoms with Gasteiger partial charge in [-0.25, -0.2) is 19.6 Å². The molecule has 56 heavy (non-hydrogen) atoms. The fraction of sp³-hybridized carbons (Fsp3) is 0.488. The number of epoxide rings is 2. The highest BCUT2D eigenvalue weighted by atomic mass is 16.6. The number of aliphatic hydroxyl groups is 2. The maximum atomic E-state index is 13.4. The number of oxazole rings is 2. The number of cyclic esters (lactones) is 2. The monoisotopic (exact) mass is 774 g/mol. The largest absolute Gasteiger partial charge is 0.457 e. The van der Waals surface area contributed by atoms with Crippen molar-refractivity contribution in [3.8, 4) is 0 Å². The quantitative estimate of drug-likeness (QED) is 0.178. The van der Waals surface area contributed by atoms with Crippen molar-refractivity contribution in [1.82, 2.24) is 9.97 Å². The van der Waals surface area contributed by atoms with Gasteiger partial charge >= 0.3 is 11.9 Å². The first-order valence-corrected chi connectivity index (χ1v) is 18.9. The third-order valence-corrected chi connectivity index (χ3v) is 10.2. The van der Waals surface area contributed by atoms with Gasteiger partial charge in [-0.3, -0.25) is 0 Å². The normalized spacial score (nSPS) is 28.1. The minimum Gasteiger partial charge on any atom is -0.457 e. The Morgan fingerprint density at radius 1 is 0.732 bits per heavy atom. The summed E-state index contributed by atoms with van der Waals surface area (Å²) in [4.78, 5) is 35.3. The first kappa shape index (κ1) is 42.5. The topological polar surface area (TPSA) is 179 Å². The molecular weight excluding hydrogens is 720 g/mol. The number of rotatable bonds is 7. The fourth-order valence-corrected chi connectivity index (χ4v) is 6.10. The molecule has 0 aromatic carbocycles. The lowest BCUT2D eigenvalue weighted by molar-refractivity contribution is -0.0461. The van der Waals surface area contributed by atoms with Crippen molar-refractivity contribution in [2.45, 2.75) is 116 Å². The Labute approximate surface area is 328 Å². The zero-order valence-corrected chi connectivity index (χ0v) is 33.0. The van der Waals surface area contributed by atoms with Gasteiger partial charge in [0.15, 0.2) is 17.3 Å². The van der Waals surface area contributed by atoms with Gasteiger partial charge in [-0.05, 0) is 13.8 Å². The molecule has 2 fully saturated rings. The molecule has 13 heteroatoms. The summed E-state index contributed by atoms with van der Waals surface area (Å²) in [5.41, 5.74) is -1.68. The van der Waals surface area contributed by atoms with Gasteiger partial charge in [-0.15, -0.1) is 0 Å². The van der Waals surface area contributed by atoms with Crippen LogP contribution in [-0.4, -0.2) is 94.2 Å². The predicted octanol–water partition coefficient (Wildman–Crippen LogP) is 6.46. The van der Waals surface area contributed by atoms with Crippen LogP contribution in [0.3, 0.4) is 0 Å². The van der Waals surface area contributed by atoms with E-state index in [1.807, 2.05) is 84.1 Å². The van der Waals surface area contributed by atoms with Crippen molar-refractivity contribution in [2.24, 2.45) is 10.8 Å². The van der Waals surface area contributed by atoms with Gasteiger partial charge in [-0.1, -0.05) is 107 Å². The lowest BCUT2D eigenvalue weighted by atomic mass is 9.79. The molecule has 2 aromatic heterocycles. The van der Waals surface area contributed by atoms with Gasteiger partial charge in [0.05, 0.1) is 24.7 Å². The first-order valence-electron chi connectivity index (χ1n) is 18.9. The molecule has 2 saturated heterocycles. The van der Waals surface area contributed by atoms with E-state index in [2.05, 4.69) is 9.97 Å². The number of carbonyl (C=O) groups is 2. The summed E-state index contributed by atoms with van der Waals surface area (Å²) < 4.78 is 40.3. The molecule has 0 spiro atoms. The zero-order chi connectivity index (χ0) is 40.5. The maximum absolute atomic E-state index is 13.4. The van der Waals surface area contributed by atoms with E-state index in [0.717, 1.165) is 0 Å². The minimum absolute atomic E-state index is 0.00381. The van der Waals surface area contributed by atoms with E-state index in [1.54, 1.807) is 49.6 Å². The standard InChI is InChI=1S/C43H54N2O11/c1-8-14-34(46)42(3,4)36-20-13-18-32-33(54-32)23-22-27(50-7)24-39-45-29(26-52-39)41(49)56-37(43(5,6)35(47)15-9-2)19-12-17-31-30(53-31)16-10-11-21-38-44-28(25-51-38)40(48)55-36/h8-18,21-23,25-27,30-37,46-47H,19-20,24H2,1-7H3/t27-,30+,31-,32-,33+,34-,35-,36-,37+/m0/s1. The lowest BCUT2D eigenvalue weighted by Crippen LogP contribution is -2.42. The third kappa shape index (κ3) is 11.2. The molecule has 5 rings (SSSR count). The molecule has 2 aromatic rings. The number of hydrogen-bond donors (Lipinski definition) is 2. The van der Waals surface area contributed by atoms with Crippen LogP contribution in [0.25, 0.3) is 6.08 Å². The van der Waals surface area contributed by atoms with E-state index in [4.69, 9.17) is 32.5 Å². The van der Waals surface area contributed by atoms with Crippen molar-refractivity contribution in [3.63, 3.8) is 0 Å². The summed E-state index contributed by atoms with van der Waals surface area (Å²) in [6.07, 6.45) is 24.1. The van der Waals surface area contributed by atoms with Gasteiger partial charge in [0.1, 0.15) is 49.2 Å². The Kier molecular flexibility index (Phi) is 14.4. The summed E-state index contributed by atoms with van der Waals surface area (Å²) in [5.74, 6) is -0.844. The van der Waals surface area contributed by atoms with Crippen LogP contribution >= 0.6 is 0 Å². The molecule has 0 saturated carbocycles. The third-order valence-electron chi connectivity index (χ3n) is 10.2. The van der Waals surface area contributed by atoms with Gasteiger partial charge in [0, 0.05) is 36.9 Å². The van der Waals surface area contributed by atoms with E-state index in [0.29, 0.717) is 12.8 Å². The number of aliphatic hydroxyl groups excluding tert-OH is 2. The Hall–Kier alpha value is -4.66. The van der Waals surface area contributed by atoms with Crippen LogP contribution < -0.4 is 0 Å². The lowest BCUT2D eigenvalue weighted by Gasteiger charge is -2.36. The van der Waals surface area contributed by atoms with E-state index >= 15 is 0 Å². The van der Waals surface area contributed by atoms with Gasteiger partial charge in [-0.2, -0.15) is 0 Å². The summed E-state index contributed by atoms with van der Waals surface area (Å²) in [7, 11) is 1.56. The highest BCUT2D eigenvalue weighted by Gasteiger charge is 2.41. The molecule has 0 unspecified atom stereocenters. The smallest absolute Gasteiger partial charge is 0.360 e. The van der Waals surface area contributed by atoms with Crippen LogP contribution in [0.1, 0.15) is 87.1 Å². The van der Waals surface area contributed by atoms with Crippen molar-refractivity contribution < 1.29 is 52.3 Å². The van der Waals surface area contributed by atoms with E-state index in [9.17, 15) is 19.8 Å². The van der Waals surface area contributed by atoms with E-state index in [1.165, 1.54) is 12.5 Å². The average molecular weight is 775 g/mol. The van der Waals surface area contributed by atoms with Crippen LogP contribution in [0.2, 0.25) is 0 Å². The molecule has 0 radical (unpaired) electrons. The second-order valence-corrected chi connectivity index (χ2v) is 15.1. The molecule has 9 atom stereocenters. The molecule has 5 heterocycles. The van der Waals surface area contributed by atoms with Gasteiger partial charge in [0.2, 0.25) is 5.89 Å². The number of aromatic nitrogens is 2. The first-order chi connectivity index (χ1) is 26.8. The maximum Gasteiger partial charge on any atom is 0.360 e. The van der Waals surface area contributed by atoms with Crippen LogP contribution in [0, 0.1) is 10.8 Å². The SMILES string of the molecule is CC=C[C@H](O)C(C)(C)[C@@H]1CC=C[C@@H]2O[C@@H]2C=C[C@H](OC)Cc2nc(co2)C(=O)O[C@@H](C(C)(C)[C@@H](O)C=CC)CC=C[C@@H]2O[C@@H]2C=CC=Cc2nc(co2)C(=O)O1. The van der Waals surface area contributed by atoms with E-state index in [-0.39, 0.29) is 54.0 Å². The Balaban J connectivity index is 1.37. The van der Waals surface area contributed by atoms with Crippen LogP contribution in [-0.2, 0) is 30.1 Å². The summed E-state index contributed by atoms with van der Waals surface area (Å²) >= 11 is 0. The van der Waals surface area contributed by atoms with Gasteiger partial charge in [0.25, 0.3) is 0 Å². The zero-order valence-electron chi connectivity index (χ0n) is 33.0. The highest BCUT2D eigenvalue weighted by Crippen LogP contribution is 2.35. The Morgan fingerprint density at radius 2 is 1.25 bits per heavy atom. The fourth-order valence-electron chi connectivity index (χ4n) is 6.10. The Bertz CT molecular complexity index is 1840. The predicted molar refractivity (Wildman–Crippen MR) is 207 cm³/mol. The molecule has 0 aliphatic carbocycles. The summed E-state index contributed by atoms with van der Waals surface area (Å²) in [6.45, 7) is 11.0. The number of ether oxygens (including phenoxy) is 5. The molecule has 3 aliphatic rings. The van der Waals surface area contributed by atoms with Crippen LogP contribution in [0.5, 0.6) is 0 Å². The molecule has 0 amide bonds. The molecule has 13 nitrogen and oxygen atoms in total. The second kappa shape index (κ2) is 19.0. The molecule has 2 N–H and O–H groups in total. The molecule has 4 bridgehead atoms. The number of fused-ring (bicyclic) bond motifs is 6. The molecule has 3 aliphatic heterocycles. The minimum atomic E-state index is -0.884. The van der Waals surface area contributed by atoms with Crippen molar-refractivity contribution >= 4 is 18.0 Å². The Morgan fingerprint density at radius 3 is 1.80 bits per heavy atom. The number of carbonyl (C=O) groups excluding carboxylic acids is 2. The number of hydrogen-bond acceptors (Lipinski definition) is 13. The number of allylic oxidation sites excluding steroid dienone is 4. The summed E-state index contributed by atoms with van der Waals surface area (Å²) in [6, 6.07) is 0. The van der Waals surface area contributed by atoms with Crippen molar-refractivity contribution in [1.29, 1.82) is 0 Å². The van der Waals surface area contributed by atoms with Gasteiger partial charge < -0.3 is 42.7 Å². The number of nitrogens with zero attached hydrogens (tertiary/aromatic N) is 2. The van der Waals surface area contributed by atoms with Crippen LogP contribution in [0.15, 0.2) is 100 Å². The average Bonchev–Trinajstić information content (AvgIpc) is 3.96. The number of methoxy groups -OCH3 is 1. The summed E-state index contributed by atoms with van der Waals surface area (Å²) in [5, 5.41) is 21.9. The molecule has 302 valence electrons. The van der Waals surface area contributed by atoms with Crippen molar-refractivity contribution in [2.75, 3.05) is 7.11 Å². The molecular formula is C43H54N2O11. The van der Waals surface area contributed by atoms with Crippen molar-refractivity contribution in [3.05, 3.63) is 115 Å². The van der Waals surface area contributed by atoms with Crippen LogP contribution in [0.4, 0.5) is 0 Å². The van der Waals surface area contributed by atoms with E-state index < -0.39 is 53.3 Å². The number of esters is 2. The second-order valence-electron chi connectivity index (χ2n) is 15.1. The highest BCUT2D eigenvalue weighted by molar-refractivity contribution is 5.87.